The summed E-state index contributed by atoms with van der Waals surface area (Å²) < 4.78 is 5.83. The number of para-hydroxylation sites is 1. The lowest BCUT2D eigenvalue weighted by Gasteiger charge is -2.11. The van der Waals surface area contributed by atoms with Crippen molar-refractivity contribution in [2.24, 2.45) is 0 Å². The minimum Gasteiger partial charge on any atom is -0.457 e. The third kappa shape index (κ3) is 3.16. The van der Waals surface area contributed by atoms with Gasteiger partial charge >= 0.3 is 0 Å². The minimum atomic E-state index is 0.638. The molecule has 0 aromatic heterocycles. The molecule has 0 saturated carbocycles. The van der Waals surface area contributed by atoms with Crippen LogP contribution in [0.3, 0.4) is 0 Å². The van der Waals surface area contributed by atoms with Crippen LogP contribution >= 0.6 is 0 Å². The molecule has 3 aromatic rings. The fraction of sp³-hybridized carbons (Fsp3) is 0. The summed E-state index contributed by atoms with van der Waals surface area (Å²) in [7, 11) is 0. The van der Waals surface area contributed by atoms with Crippen molar-refractivity contribution >= 4 is 0 Å². The fourth-order valence-corrected chi connectivity index (χ4v) is 2.24. The van der Waals surface area contributed by atoms with E-state index >= 15 is 0 Å². The van der Waals surface area contributed by atoms with Crippen molar-refractivity contribution in [3.05, 3.63) is 102 Å². The standard InChI is InChI=1S/C20H14NO/c21-15-20(16-8-3-1-4-9-16)17-10-7-13-19(14-17)22-18-11-5-2-6-12-18/h1-14H. The van der Waals surface area contributed by atoms with Crippen molar-refractivity contribution in [3.63, 3.8) is 0 Å². The molecule has 0 spiro atoms. The number of benzene rings is 3. The SMILES string of the molecule is N#C[C](c1ccccc1)c1cccc(Oc2ccccc2)c1. The maximum absolute atomic E-state index is 9.49. The highest BCUT2D eigenvalue weighted by Crippen LogP contribution is 2.28. The van der Waals surface area contributed by atoms with Crippen LogP contribution in [-0.4, -0.2) is 0 Å². The molecule has 0 atom stereocenters. The zero-order chi connectivity index (χ0) is 15.2. The lowest BCUT2D eigenvalue weighted by Crippen LogP contribution is -1.99. The molecule has 0 aliphatic carbocycles. The maximum atomic E-state index is 9.49. The topological polar surface area (TPSA) is 33.0 Å². The van der Waals surface area contributed by atoms with Gasteiger partial charge in [0.1, 0.15) is 17.4 Å². The molecule has 0 bridgehead atoms. The van der Waals surface area contributed by atoms with Crippen LogP contribution in [0.5, 0.6) is 11.5 Å². The smallest absolute Gasteiger partial charge is 0.134 e. The van der Waals surface area contributed by atoms with Crippen molar-refractivity contribution in [1.29, 1.82) is 5.26 Å². The monoisotopic (exact) mass is 284 g/mol. The van der Waals surface area contributed by atoms with E-state index in [-0.39, 0.29) is 0 Å². The van der Waals surface area contributed by atoms with Crippen LogP contribution < -0.4 is 4.74 Å². The molecule has 0 unspecified atom stereocenters. The molecule has 3 rings (SSSR count). The molecule has 0 heterocycles. The Morgan fingerprint density at radius 3 is 1.95 bits per heavy atom. The molecular weight excluding hydrogens is 270 g/mol. The second-order valence-electron chi connectivity index (χ2n) is 4.80. The number of nitriles is 1. The van der Waals surface area contributed by atoms with Gasteiger partial charge in [0.15, 0.2) is 0 Å². The number of rotatable bonds is 4. The quantitative estimate of drug-likeness (QED) is 0.677. The maximum Gasteiger partial charge on any atom is 0.134 e. The van der Waals surface area contributed by atoms with Gasteiger partial charge in [0.25, 0.3) is 0 Å². The van der Waals surface area contributed by atoms with Gasteiger partial charge in [-0.05, 0) is 35.4 Å². The highest BCUT2D eigenvalue weighted by Gasteiger charge is 2.15. The molecule has 2 nitrogen and oxygen atoms in total. The van der Waals surface area contributed by atoms with Crippen LogP contribution in [0.25, 0.3) is 0 Å². The molecule has 2 heteroatoms. The summed E-state index contributed by atoms with van der Waals surface area (Å²) in [4.78, 5) is 0. The van der Waals surface area contributed by atoms with Gasteiger partial charge in [-0.1, -0.05) is 60.7 Å². The molecule has 0 aliphatic heterocycles. The molecular formula is C20H14NO. The molecule has 0 aliphatic rings. The van der Waals surface area contributed by atoms with E-state index in [2.05, 4.69) is 6.07 Å². The molecule has 22 heavy (non-hydrogen) atoms. The molecule has 1 radical (unpaired) electrons. The third-order valence-corrected chi connectivity index (χ3v) is 3.28. The largest absolute Gasteiger partial charge is 0.457 e. The Morgan fingerprint density at radius 2 is 1.27 bits per heavy atom. The van der Waals surface area contributed by atoms with Crippen molar-refractivity contribution in [1.82, 2.24) is 0 Å². The predicted molar refractivity (Wildman–Crippen MR) is 86.5 cm³/mol. The van der Waals surface area contributed by atoms with E-state index in [1.165, 1.54) is 0 Å². The number of nitrogens with zero attached hydrogens (tertiary/aromatic N) is 1. The third-order valence-electron chi connectivity index (χ3n) is 3.28. The van der Waals surface area contributed by atoms with E-state index in [1.807, 2.05) is 84.9 Å². The summed E-state index contributed by atoms with van der Waals surface area (Å²) in [5.41, 5.74) is 1.75. The predicted octanol–water partition coefficient (Wildman–Crippen LogP) is 4.97. The van der Waals surface area contributed by atoms with Crippen molar-refractivity contribution in [2.45, 2.75) is 0 Å². The highest BCUT2D eigenvalue weighted by atomic mass is 16.5. The van der Waals surface area contributed by atoms with Crippen LogP contribution in [0, 0.1) is 17.2 Å². The summed E-state index contributed by atoms with van der Waals surface area (Å²) in [6, 6.07) is 29.1. The minimum absolute atomic E-state index is 0.638. The van der Waals surface area contributed by atoms with E-state index in [4.69, 9.17) is 4.74 Å². The number of hydrogen-bond donors (Lipinski definition) is 0. The summed E-state index contributed by atoms with van der Waals surface area (Å²) in [5, 5.41) is 9.49. The average molecular weight is 284 g/mol. The van der Waals surface area contributed by atoms with E-state index < -0.39 is 0 Å². The van der Waals surface area contributed by atoms with E-state index in [9.17, 15) is 5.26 Å². The fourth-order valence-electron chi connectivity index (χ4n) is 2.24. The van der Waals surface area contributed by atoms with E-state index in [0.717, 1.165) is 16.9 Å². The van der Waals surface area contributed by atoms with Gasteiger partial charge in [-0.15, -0.1) is 0 Å². The van der Waals surface area contributed by atoms with Crippen molar-refractivity contribution in [2.75, 3.05) is 0 Å². The Balaban J connectivity index is 1.89. The first-order chi connectivity index (χ1) is 10.9. The van der Waals surface area contributed by atoms with Crippen LogP contribution in [-0.2, 0) is 0 Å². The second kappa shape index (κ2) is 6.60. The first-order valence-electron chi connectivity index (χ1n) is 7.02. The Morgan fingerprint density at radius 1 is 0.682 bits per heavy atom. The van der Waals surface area contributed by atoms with E-state index in [0.29, 0.717) is 11.7 Å². The molecule has 0 amide bonds. The Hall–Kier alpha value is -3.05. The Bertz CT molecular complexity index is 776. The van der Waals surface area contributed by atoms with Crippen LogP contribution in [0.1, 0.15) is 11.1 Å². The normalized spacial score (nSPS) is 10.2. The van der Waals surface area contributed by atoms with Gasteiger partial charge in [0.05, 0.1) is 6.07 Å². The summed E-state index contributed by atoms with van der Waals surface area (Å²) in [6.45, 7) is 0. The van der Waals surface area contributed by atoms with Gasteiger partial charge in [-0.3, -0.25) is 0 Å². The Kier molecular flexibility index (Phi) is 4.17. The van der Waals surface area contributed by atoms with Crippen LogP contribution in [0.15, 0.2) is 84.9 Å². The zero-order valence-corrected chi connectivity index (χ0v) is 11.9. The molecule has 3 aromatic carbocycles. The van der Waals surface area contributed by atoms with Gasteiger partial charge in [-0.25, -0.2) is 0 Å². The lowest BCUT2D eigenvalue weighted by molar-refractivity contribution is 0.482. The number of ether oxygens (including phenoxy) is 1. The van der Waals surface area contributed by atoms with Gasteiger partial charge in [-0.2, -0.15) is 5.26 Å². The van der Waals surface area contributed by atoms with Crippen molar-refractivity contribution < 1.29 is 4.74 Å². The van der Waals surface area contributed by atoms with Crippen molar-refractivity contribution in [3.8, 4) is 17.6 Å². The van der Waals surface area contributed by atoms with Gasteiger partial charge in [0.2, 0.25) is 0 Å². The highest BCUT2D eigenvalue weighted by molar-refractivity contribution is 5.54. The van der Waals surface area contributed by atoms with Crippen LogP contribution in [0.2, 0.25) is 0 Å². The van der Waals surface area contributed by atoms with Gasteiger partial charge in [0, 0.05) is 0 Å². The molecule has 105 valence electrons. The average Bonchev–Trinajstić information content (AvgIpc) is 2.58. The zero-order valence-electron chi connectivity index (χ0n) is 11.9. The molecule has 0 N–H and O–H groups in total. The first-order valence-corrected chi connectivity index (χ1v) is 7.02. The lowest BCUT2D eigenvalue weighted by atomic mass is 9.93. The summed E-state index contributed by atoms with van der Waals surface area (Å²) in [6.07, 6.45) is 0. The molecule has 0 saturated heterocycles. The van der Waals surface area contributed by atoms with E-state index in [1.54, 1.807) is 0 Å². The van der Waals surface area contributed by atoms with Gasteiger partial charge < -0.3 is 4.74 Å². The van der Waals surface area contributed by atoms with Crippen LogP contribution in [0.4, 0.5) is 0 Å². The summed E-state index contributed by atoms with van der Waals surface area (Å²) in [5.74, 6) is 2.13. The Labute approximate surface area is 130 Å². The second-order valence-corrected chi connectivity index (χ2v) is 4.80. The first kappa shape index (κ1) is 13.9. The number of hydrogen-bond acceptors (Lipinski definition) is 2. The molecule has 0 fully saturated rings. The summed E-state index contributed by atoms with van der Waals surface area (Å²) >= 11 is 0.